The Bertz CT molecular complexity index is 987. The van der Waals surface area contributed by atoms with Crippen molar-refractivity contribution in [2.45, 2.75) is 18.4 Å². The zero-order valence-electron chi connectivity index (χ0n) is 15.0. The molecule has 144 valence electrons. The van der Waals surface area contributed by atoms with Crippen LogP contribution in [0, 0.1) is 0 Å². The van der Waals surface area contributed by atoms with Gasteiger partial charge in [0.05, 0.1) is 12.8 Å². The van der Waals surface area contributed by atoms with Crippen LogP contribution in [0.15, 0.2) is 30.3 Å². The second-order valence-electron chi connectivity index (χ2n) is 6.57. The number of phenolic OH excluding ortho intramolecular Hbond substituents is 1. The number of carbonyl (C=O) groups is 3. The van der Waals surface area contributed by atoms with Crippen LogP contribution in [0.5, 0.6) is 17.2 Å². The molecule has 2 aromatic carbocycles. The van der Waals surface area contributed by atoms with Gasteiger partial charge in [0, 0.05) is 24.1 Å². The van der Waals surface area contributed by atoms with Gasteiger partial charge in [0.15, 0.2) is 17.3 Å². The van der Waals surface area contributed by atoms with E-state index in [2.05, 4.69) is 10.6 Å². The van der Waals surface area contributed by atoms with Crippen LogP contribution in [-0.4, -0.2) is 36.9 Å². The Hall–Kier alpha value is -3.55. The van der Waals surface area contributed by atoms with Crippen LogP contribution >= 0.6 is 0 Å². The summed E-state index contributed by atoms with van der Waals surface area (Å²) in [6.07, 6.45) is -0.0851. The molecule has 0 saturated heterocycles. The number of phenols is 1. The van der Waals surface area contributed by atoms with Gasteiger partial charge in [0.1, 0.15) is 17.8 Å². The van der Waals surface area contributed by atoms with Crippen molar-refractivity contribution in [3.05, 3.63) is 47.0 Å². The van der Waals surface area contributed by atoms with Crippen molar-refractivity contribution in [3.8, 4) is 17.2 Å². The Morgan fingerprint density at radius 1 is 1.29 bits per heavy atom. The Labute approximate surface area is 160 Å². The third-order valence-corrected chi connectivity index (χ3v) is 5.03. The summed E-state index contributed by atoms with van der Waals surface area (Å²) in [6.45, 7) is 0.198. The summed E-state index contributed by atoms with van der Waals surface area (Å²) in [5.41, 5.74) is 1.74. The van der Waals surface area contributed by atoms with Gasteiger partial charge in [-0.2, -0.15) is 0 Å². The highest BCUT2D eigenvalue weighted by molar-refractivity contribution is 6.07. The number of ketones is 1. The highest BCUT2D eigenvalue weighted by Gasteiger charge is 2.45. The number of amides is 2. The highest BCUT2D eigenvalue weighted by atomic mass is 16.5. The molecule has 2 atom stereocenters. The zero-order chi connectivity index (χ0) is 19.8. The van der Waals surface area contributed by atoms with E-state index in [-0.39, 0.29) is 36.2 Å². The quantitative estimate of drug-likeness (QED) is 0.696. The smallest absolute Gasteiger partial charge is 0.231 e. The minimum absolute atomic E-state index is 0.0304. The molecule has 0 fully saturated rings. The summed E-state index contributed by atoms with van der Waals surface area (Å²) in [4.78, 5) is 36.6. The Morgan fingerprint density at radius 3 is 2.86 bits per heavy atom. The number of ether oxygens (including phenoxy) is 2. The number of benzene rings is 2. The molecule has 8 nitrogen and oxygen atoms in total. The molecule has 0 bridgehead atoms. The lowest BCUT2D eigenvalue weighted by Gasteiger charge is -2.23. The molecule has 2 aliphatic heterocycles. The first-order valence-corrected chi connectivity index (χ1v) is 8.76. The zero-order valence-corrected chi connectivity index (χ0v) is 15.0. The monoisotopic (exact) mass is 382 g/mol. The first-order valence-electron chi connectivity index (χ1n) is 8.76. The molecule has 8 heteroatoms. The van der Waals surface area contributed by atoms with E-state index in [9.17, 15) is 19.5 Å². The Balaban J connectivity index is 1.89. The van der Waals surface area contributed by atoms with Crippen LogP contribution in [-0.2, 0) is 9.59 Å². The van der Waals surface area contributed by atoms with Crippen molar-refractivity contribution in [2.75, 3.05) is 19.0 Å². The molecule has 28 heavy (non-hydrogen) atoms. The third kappa shape index (κ3) is 2.74. The van der Waals surface area contributed by atoms with Crippen LogP contribution in [0.25, 0.3) is 0 Å². The number of aromatic hydroxyl groups is 1. The molecule has 2 amide bonds. The van der Waals surface area contributed by atoms with Gasteiger partial charge in [0.25, 0.3) is 0 Å². The van der Waals surface area contributed by atoms with E-state index in [4.69, 9.17) is 9.47 Å². The molecule has 0 unspecified atom stereocenters. The maximum atomic E-state index is 12.9. The van der Waals surface area contributed by atoms with Crippen LogP contribution in [0.2, 0.25) is 0 Å². The van der Waals surface area contributed by atoms with E-state index in [0.717, 1.165) is 0 Å². The molecule has 4 rings (SSSR count). The van der Waals surface area contributed by atoms with Crippen LogP contribution in [0.1, 0.15) is 39.9 Å². The van der Waals surface area contributed by atoms with E-state index in [1.807, 2.05) is 0 Å². The molecule has 2 aromatic rings. The number of nitrogens with one attached hydrogen (secondary N) is 2. The fourth-order valence-corrected chi connectivity index (χ4v) is 3.79. The van der Waals surface area contributed by atoms with Gasteiger partial charge < -0.3 is 25.2 Å². The normalized spacial score (nSPS) is 20.3. The van der Waals surface area contributed by atoms with Crippen LogP contribution < -0.4 is 20.1 Å². The van der Waals surface area contributed by atoms with Crippen molar-refractivity contribution in [1.82, 2.24) is 5.32 Å². The fourth-order valence-electron chi connectivity index (χ4n) is 3.79. The van der Waals surface area contributed by atoms with Crippen molar-refractivity contribution in [3.63, 3.8) is 0 Å². The second kappa shape index (κ2) is 6.88. The van der Waals surface area contributed by atoms with E-state index < -0.39 is 12.0 Å². The summed E-state index contributed by atoms with van der Waals surface area (Å²) in [5.74, 6) is -0.595. The number of rotatable bonds is 4. The van der Waals surface area contributed by atoms with Gasteiger partial charge in [-0.15, -0.1) is 0 Å². The largest absolute Gasteiger partial charge is 0.504 e. The third-order valence-electron chi connectivity index (χ3n) is 5.03. The topological polar surface area (TPSA) is 114 Å². The summed E-state index contributed by atoms with van der Waals surface area (Å²) in [7, 11) is 1.43. The van der Waals surface area contributed by atoms with Crippen LogP contribution in [0.4, 0.5) is 5.69 Å². The second-order valence-corrected chi connectivity index (χ2v) is 6.57. The molecule has 0 spiro atoms. The Kier molecular flexibility index (Phi) is 4.38. The number of hydrogen-bond donors (Lipinski definition) is 3. The first-order chi connectivity index (χ1) is 13.5. The summed E-state index contributed by atoms with van der Waals surface area (Å²) in [6, 6.07) is 7.94. The standard InChI is InChI=1S/C20H18N2O6/c1-27-15-8-10(2-4-12(15)24)19-18-17-14(28-19)5-3-11(22-9-23)16(17)13(25)6-7-21-20(18)26/h2-5,8-9,18-19,24H,6-7H2,1H3,(H,21,26)(H,22,23)/t18-,19-/m0/s1. The van der Waals surface area contributed by atoms with Gasteiger partial charge in [-0.3, -0.25) is 14.4 Å². The molecule has 0 aliphatic carbocycles. The SMILES string of the molecule is COc1cc([C@@H]2Oc3ccc(NC=O)c4c3[C@@H]2C(=O)NCCC4=O)ccc1O. The van der Waals surface area contributed by atoms with E-state index in [1.54, 1.807) is 24.3 Å². The predicted octanol–water partition coefficient (Wildman–Crippen LogP) is 1.89. The number of anilines is 1. The van der Waals surface area contributed by atoms with Crippen molar-refractivity contribution in [2.24, 2.45) is 0 Å². The number of hydrogen-bond acceptors (Lipinski definition) is 6. The average Bonchev–Trinajstić information content (AvgIpc) is 3.06. The van der Waals surface area contributed by atoms with Crippen molar-refractivity contribution in [1.29, 1.82) is 0 Å². The molecule has 0 radical (unpaired) electrons. The van der Waals surface area contributed by atoms with E-state index in [0.29, 0.717) is 34.5 Å². The molecule has 0 saturated carbocycles. The summed E-state index contributed by atoms with van der Waals surface area (Å²) in [5, 5.41) is 15.2. The first kappa shape index (κ1) is 17.8. The van der Waals surface area contributed by atoms with Gasteiger partial charge >= 0.3 is 0 Å². The summed E-state index contributed by atoms with van der Waals surface area (Å²) < 4.78 is 11.2. The lowest BCUT2D eigenvalue weighted by Crippen LogP contribution is -2.36. The van der Waals surface area contributed by atoms with Gasteiger partial charge in [-0.25, -0.2) is 0 Å². The molecular weight excluding hydrogens is 364 g/mol. The molecular formula is C20H18N2O6. The highest BCUT2D eigenvalue weighted by Crippen LogP contribution is 2.50. The number of methoxy groups -OCH3 is 1. The Morgan fingerprint density at radius 2 is 2.11 bits per heavy atom. The van der Waals surface area contributed by atoms with Crippen molar-refractivity contribution >= 4 is 23.8 Å². The molecule has 3 N–H and O–H groups in total. The summed E-state index contributed by atoms with van der Waals surface area (Å²) >= 11 is 0. The van der Waals surface area contributed by atoms with Gasteiger partial charge in [-0.1, -0.05) is 6.07 Å². The van der Waals surface area contributed by atoms with E-state index >= 15 is 0 Å². The van der Waals surface area contributed by atoms with E-state index in [1.165, 1.54) is 13.2 Å². The minimum Gasteiger partial charge on any atom is -0.504 e. The lowest BCUT2D eigenvalue weighted by molar-refractivity contribution is -0.124. The number of carbonyl (C=O) groups excluding carboxylic acids is 3. The lowest BCUT2D eigenvalue weighted by atomic mass is 9.84. The molecule has 2 heterocycles. The van der Waals surface area contributed by atoms with Gasteiger partial charge in [0.2, 0.25) is 12.3 Å². The average molecular weight is 382 g/mol. The van der Waals surface area contributed by atoms with Crippen LogP contribution in [0.3, 0.4) is 0 Å². The molecule has 2 aliphatic rings. The predicted molar refractivity (Wildman–Crippen MR) is 98.9 cm³/mol. The maximum absolute atomic E-state index is 12.9. The minimum atomic E-state index is -0.781. The molecule has 0 aromatic heterocycles. The number of Topliss-reactive ketones (excluding diaryl/α,β-unsaturated/α-hetero) is 1. The van der Waals surface area contributed by atoms with Gasteiger partial charge in [-0.05, 0) is 29.8 Å². The maximum Gasteiger partial charge on any atom is 0.231 e. The van der Waals surface area contributed by atoms with Crippen molar-refractivity contribution < 1.29 is 29.0 Å². The fraction of sp³-hybridized carbons (Fsp3) is 0.250.